The van der Waals surface area contributed by atoms with Gasteiger partial charge in [-0.3, -0.25) is 10.1 Å². The molecule has 1 aliphatic rings. The molecule has 2 aromatic carbocycles. The number of rotatable bonds is 7. The SMILES string of the molecule is COC(=O)c1cc(Oc2ccc(S(=O)(=O)N3CCC(C)CC3)cc2[N+](=O)[O-])cc(C(=O)OC)c1. The van der Waals surface area contributed by atoms with E-state index in [0.717, 1.165) is 20.3 Å². The van der Waals surface area contributed by atoms with Gasteiger partial charge < -0.3 is 14.2 Å². The number of hydrogen-bond acceptors (Lipinski definition) is 9. The van der Waals surface area contributed by atoms with Gasteiger partial charge in [-0.15, -0.1) is 0 Å². The Kier molecular flexibility index (Phi) is 7.52. The minimum atomic E-state index is -3.92. The standard InChI is InChI=1S/C22H24N2O9S/c1-14-6-8-23(9-7-14)34(29,30)18-4-5-20(19(13-18)24(27)28)33-17-11-15(21(25)31-2)10-16(12-17)22(26)32-3/h4-5,10-14H,6-9H2,1-3H3. The zero-order valence-electron chi connectivity index (χ0n) is 18.8. The Labute approximate surface area is 196 Å². The summed E-state index contributed by atoms with van der Waals surface area (Å²) in [5, 5.41) is 11.7. The minimum Gasteiger partial charge on any atom is -0.465 e. The number of esters is 2. The predicted octanol–water partition coefficient (Wildman–Crippen LogP) is 3.38. The maximum atomic E-state index is 13.0. The Morgan fingerprint density at radius 3 is 2.06 bits per heavy atom. The first kappa shape index (κ1) is 25.1. The van der Waals surface area contributed by atoms with E-state index in [1.807, 2.05) is 6.92 Å². The van der Waals surface area contributed by atoms with Crippen LogP contribution in [0, 0.1) is 16.0 Å². The number of piperidine rings is 1. The highest BCUT2D eigenvalue weighted by Gasteiger charge is 2.30. The second-order valence-electron chi connectivity index (χ2n) is 7.80. The number of nitrogens with zero attached hydrogens (tertiary/aromatic N) is 2. The zero-order chi connectivity index (χ0) is 25.0. The van der Waals surface area contributed by atoms with E-state index in [0.29, 0.717) is 31.8 Å². The quantitative estimate of drug-likeness (QED) is 0.323. The average molecular weight is 493 g/mol. The van der Waals surface area contributed by atoms with Crippen LogP contribution in [0.25, 0.3) is 0 Å². The number of ether oxygens (including phenoxy) is 3. The lowest BCUT2D eigenvalue weighted by Crippen LogP contribution is -2.37. The highest BCUT2D eigenvalue weighted by Crippen LogP contribution is 2.35. The Morgan fingerprint density at radius 1 is 1.00 bits per heavy atom. The van der Waals surface area contributed by atoms with Gasteiger partial charge in [-0.25, -0.2) is 18.0 Å². The summed E-state index contributed by atoms with van der Waals surface area (Å²) in [7, 11) is -1.62. The molecule has 0 atom stereocenters. The highest BCUT2D eigenvalue weighted by atomic mass is 32.2. The second kappa shape index (κ2) is 10.2. The summed E-state index contributed by atoms with van der Waals surface area (Å²) in [5.74, 6) is -1.46. The first-order chi connectivity index (χ1) is 16.1. The van der Waals surface area contributed by atoms with Crippen molar-refractivity contribution >= 4 is 27.6 Å². The number of sulfonamides is 1. The van der Waals surface area contributed by atoms with Crippen molar-refractivity contribution in [3.05, 3.63) is 57.6 Å². The molecular weight excluding hydrogens is 468 g/mol. The van der Waals surface area contributed by atoms with Gasteiger partial charge in [-0.2, -0.15) is 4.31 Å². The van der Waals surface area contributed by atoms with E-state index < -0.39 is 32.6 Å². The smallest absolute Gasteiger partial charge is 0.338 e. The molecule has 0 saturated carbocycles. The van der Waals surface area contributed by atoms with Crippen molar-refractivity contribution in [1.29, 1.82) is 0 Å². The van der Waals surface area contributed by atoms with E-state index >= 15 is 0 Å². The molecule has 1 fully saturated rings. The fraction of sp³-hybridized carbons (Fsp3) is 0.364. The van der Waals surface area contributed by atoms with Crippen LogP contribution < -0.4 is 4.74 Å². The van der Waals surface area contributed by atoms with Crippen LogP contribution in [0.2, 0.25) is 0 Å². The third-order valence-corrected chi connectivity index (χ3v) is 7.38. The van der Waals surface area contributed by atoms with E-state index in [1.165, 1.54) is 34.6 Å². The topological polar surface area (TPSA) is 142 Å². The lowest BCUT2D eigenvalue weighted by molar-refractivity contribution is -0.385. The molecule has 12 heteroatoms. The third kappa shape index (κ3) is 5.34. The fourth-order valence-electron chi connectivity index (χ4n) is 3.52. The Balaban J connectivity index is 1.99. The summed E-state index contributed by atoms with van der Waals surface area (Å²) >= 11 is 0. The predicted molar refractivity (Wildman–Crippen MR) is 119 cm³/mol. The van der Waals surface area contributed by atoms with Gasteiger partial charge in [0.1, 0.15) is 5.75 Å². The van der Waals surface area contributed by atoms with E-state index in [4.69, 9.17) is 4.74 Å². The fourth-order valence-corrected chi connectivity index (χ4v) is 5.01. The molecule has 0 aromatic heterocycles. The van der Waals surface area contributed by atoms with Gasteiger partial charge in [-0.1, -0.05) is 6.92 Å². The minimum absolute atomic E-state index is 0.0402. The Bertz CT molecular complexity index is 1180. The number of hydrogen-bond donors (Lipinski definition) is 0. The summed E-state index contributed by atoms with van der Waals surface area (Å²) in [4.78, 5) is 34.7. The number of nitro groups is 1. The summed E-state index contributed by atoms with van der Waals surface area (Å²) in [6, 6.07) is 7.03. The lowest BCUT2D eigenvalue weighted by atomic mass is 10.0. The largest absolute Gasteiger partial charge is 0.465 e. The monoisotopic (exact) mass is 492 g/mol. The van der Waals surface area contributed by atoms with Crippen molar-refractivity contribution in [2.75, 3.05) is 27.3 Å². The number of carbonyl (C=O) groups excluding carboxylic acids is 2. The van der Waals surface area contributed by atoms with Gasteiger partial charge in [-0.05, 0) is 49.1 Å². The summed E-state index contributed by atoms with van der Waals surface area (Å²) < 4.78 is 42.3. The second-order valence-corrected chi connectivity index (χ2v) is 9.74. The van der Waals surface area contributed by atoms with Crippen molar-refractivity contribution in [2.45, 2.75) is 24.7 Å². The first-order valence-electron chi connectivity index (χ1n) is 10.3. The van der Waals surface area contributed by atoms with Crippen LogP contribution in [0.3, 0.4) is 0 Å². The van der Waals surface area contributed by atoms with E-state index in [-0.39, 0.29) is 27.5 Å². The van der Waals surface area contributed by atoms with Gasteiger partial charge >= 0.3 is 17.6 Å². The van der Waals surface area contributed by atoms with Crippen molar-refractivity contribution < 1.29 is 37.1 Å². The molecule has 0 radical (unpaired) electrons. The van der Waals surface area contributed by atoms with Crippen LogP contribution in [-0.4, -0.2) is 56.9 Å². The Hall–Kier alpha value is -3.51. The van der Waals surface area contributed by atoms with Gasteiger partial charge in [0.15, 0.2) is 0 Å². The number of methoxy groups -OCH3 is 2. The summed E-state index contributed by atoms with van der Waals surface area (Å²) in [6.07, 6.45) is 1.42. The lowest BCUT2D eigenvalue weighted by Gasteiger charge is -2.29. The number of carbonyl (C=O) groups is 2. The molecule has 0 amide bonds. The normalized spacial score (nSPS) is 14.9. The molecule has 0 unspecified atom stereocenters. The number of benzene rings is 2. The zero-order valence-corrected chi connectivity index (χ0v) is 19.7. The maximum absolute atomic E-state index is 13.0. The van der Waals surface area contributed by atoms with Gasteiger partial charge in [0.25, 0.3) is 0 Å². The van der Waals surface area contributed by atoms with Gasteiger partial charge in [0.05, 0.1) is 35.2 Å². The average Bonchev–Trinajstić information content (AvgIpc) is 2.83. The third-order valence-electron chi connectivity index (χ3n) is 5.48. The molecule has 34 heavy (non-hydrogen) atoms. The van der Waals surface area contributed by atoms with Crippen LogP contribution in [0.5, 0.6) is 11.5 Å². The van der Waals surface area contributed by atoms with Crippen molar-refractivity contribution in [3.63, 3.8) is 0 Å². The molecule has 0 N–H and O–H groups in total. The molecule has 1 heterocycles. The van der Waals surface area contributed by atoms with Gasteiger partial charge in [0, 0.05) is 19.2 Å². The van der Waals surface area contributed by atoms with Crippen molar-refractivity contribution in [1.82, 2.24) is 4.31 Å². The molecule has 1 saturated heterocycles. The molecule has 0 aliphatic carbocycles. The molecule has 182 valence electrons. The molecule has 0 spiro atoms. The van der Waals surface area contributed by atoms with Crippen molar-refractivity contribution in [3.8, 4) is 11.5 Å². The van der Waals surface area contributed by atoms with Crippen LogP contribution in [0.1, 0.15) is 40.5 Å². The van der Waals surface area contributed by atoms with Crippen molar-refractivity contribution in [2.24, 2.45) is 5.92 Å². The van der Waals surface area contributed by atoms with Crippen LogP contribution >= 0.6 is 0 Å². The maximum Gasteiger partial charge on any atom is 0.338 e. The van der Waals surface area contributed by atoms with Crippen LogP contribution in [0.15, 0.2) is 41.3 Å². The molecule has 0 bridgehead atoms. The van der Waals surface area contributed by atoms with Crippen LogP contribution in [0.4, 0.5) is 5.69 Å². The van der Waals surface area contributed by atoms with E-state index in [2.05, 4.69) is 9.47 Å². The molecule has 3 rings (SSSR count). The molecule has 1 aliphatic heterocycles. The highest BCUT2D eigenvalue weighted by molar-refractivity contribution is 7.89. The van der Waals surface area contributed by atoms with Crippen LogP contribution in [-0.2, 0) is 19.5 Å². The molecular formula is C22H24N2O9S. The van der Waals surface area contributed by atoms with Gasteiger partial charge in [0.2, 0.25) is 15.8 Å². The first-order valence-corrected chi connectivity index (χ1v) is 11.8. The molecule has 2 aromatic rings. The molecule has 11 nitrogen and oxygen atoms in total. The number of nitro benzene ring substituents is 1. The van der Waals surface area contributed by atoms with E-state index in [9.17, 15) is 28.1 Å². The Morgan fingerprint density at radius 2 is 1.56 bits per heavy atom. The summed E-state index contributed by atoms with van der Waals surface area (Å²) in [6.45, 7) is 2.72. The van der Waals surface area contributed by atoms with E-state index in [1.54, 1.807) is 0 Å². The summed E-state index contributed by atoms with van der Waals surface area (Å²) in [5.41, 5.74) is -0.669.